The van der Waals surface area contributed by atoms with Crippen LogP contribution < -0.4 is 0 Å². The highest BCUT2D eigenvalue weighted by Gasteiger charge is 2.53. The third-order valence-electron chi connectivity index (χ3n) is 3.98. The predicted molar refractivity (Wildman–Crippen MR) is 49.7 cm³/mol. The molecular weight excluding hydrogens is 188 g/mol. The van der Waals surface area contributed by atoms with Gasteiger partial charge in [0.15, 0.2) is 0 Å². The summed E-state index contributed by atoms with van der Waals surface area (Å²) in [6.07, 6.45) is 0.840. The minimum Gasteiger partial charge on any atom is -0.266 e. The average molecular weight is 204 g/mol. The normalized spacial score (nSPS) is 46.2. The van der Waals surface area contributed by atoms with Crippen molar-refractivity contribution in [3.63, 3.8) is 0 Å². The summed E-state index contributed by atoms with van der Waals surface area (Å²) in [7, 11) is -3.22. The van der Waals surface area contributed by atoms with Crippen molar-refractivity contribution in [2.24, 2.45) is 17.3 Å². The third kappa shape index (κ3) is 1.31. The molecule has 0 N–H and O–H groups in total. The van der Waals surface area contributed by atoms with Crippen LogP contribution in [-0.4, -0.2) is 20.3 Å². The van der Waals surface area contributed by atoms with E-state index in [0.29, 0.717) is 5.92 Å². The summed E-state index contributed by atoms with van der Waals surface area (Å²) in [4.78, 5) is 0. The van der Waals surface area contributed by atoms with E-state index >= 15 is 0 Å². The topological polar surface area (TPSA) is 43.4 Å². The molecule has 1 aliphatic heterocycles. The molecular formula is C9H16O3S. The highest BCUT2D eigenvalue weighted by Crippen LogP contribution is 2.51. The molecule has 3 nitrogen and oxygen atoms in total. The Morgan fingerprint density at radius 2 is 2.00 bits per heavy atom. The van der Waals surface area contributed by atoms with E-state index in [-0.39, 0.29) is 23.2 Å². The zero-order chi connectivity index (χ0) is 9.85. The van der Waals surface area contributed by atoms with Gasteiger partial charge in [-0.3, -0.25) is 4.18 Å². The lowest BCUT2D eigenvalue weighted by Crippen LogP contribution is -2.29. The van der Waals surface area contributed by atoms with Gasteiger partial charge in [0, 0.05) is 0 Å². The molecule has 2 rings (SSSR count). The lowest BCUT2D eigenvalue weighted by atomic mass is 9.77. The first kappa shape index (κ1) is 9.46. The maximum atomic E-state index is 11.3. The molecule has 0 aromatic heterocycles. The lowest BCUT2D eigenvalue weighted by Gasteiger charge is -2.28. The molecule has 1 heterocycles. The van der Waals surface area contributed by atoms with E-state index in [9.17, 15) is 8.42 Å². The summed E-state index contributed by atoms with van der Waals surface area (Å²) in [5, 5.41) is 0. The molecule has 1 saturated carbocycles. The van der Waals surface area contributed by atoms with Gasteiger partial charge in [0.25, 0.3) is 10.1 Å². The first-order valence-electron chi connectivity index (χ1n) is 4.74. The van der Waals surface area contributed by atoms with Crippen LogP contribution in [-0.2, 0) is 14.3 Å². The van der Waals surface area contributed by atoms with Crippen LogP contribution in [0.5, 0.6) is 0 Å². The molecule has 0 radical (unpaired) electrons. The minimum absolute atomic E-state index is 0.0706. The second-order valence-electron chi connectivity index (χ2n) is 4.90. The maximum absolute atomic E-state index is 11.3. The lowest BCUT2D eigenvalue weighted by molar-refractivity contribution is 0.138. The molecule has 2 fully saturated rings. The number of fused-ring (bicyclic) bond motifs is 2. The molecule has 2 bridgehead atoms. The van der Waals surface area contributed by atoms with Gasteiger partial charge in [-0.2, -0.15) is 8.42 Å². The molecule has 1 saturated heterocycles. The number of rotatable bonds is 0. The number of hydrogen-bond donors (Lipinski definition) is 0. The van der Waals surface area contributed by atoms with Crippen LogP contribution in [0.3, 0.4) is 0 Å². The average Bonchev–Trinajstić information content (AvgIpc) is 2.12. The van der Waals surface area contributed by atoms with Crippen LogP contribution in [0.1, 0.15) is 27.2 Å². The van der Waals surface area contributed by atoms with Crippen molar-refractivity contribution >= 4 is 10.1 Å². The van der Waals surface area contributed by atoms with Crippen LogP contribution in [0.25, 0.3) is 0 Å². The smallest absolute Gasteiger partial charge is 0.266 e. The molecule has 2 aliphatic rings. The molecule has 76 valence electrons. The van der Waals surface area contributed by atoms with E-state index < -0.39 is 10.1 Å². The molecule has 0 amide bonds. The van der Waals surface area contributed by atoms with Gasteiger partial charge in [0.2, 0.25) is 0 Å². The fraction of sp³-hybridized carbons (Fsp3) is 1.00. The molecule has 4 heteroatoms. The van der Waals surface area contributed by atoms with Gasteiger partial charge < -0.3 is 0 Å². The Labute approximate surface area is 79.6 Å². The Balaban J connectivity index is 2.37. The van der Waals surface area contributed by atoms with Gasteiger partial charge in [0.05, 0.1) is 11.9 Å². The summed E-state index contributed by atoms with van der Waals surface area (Å²) < 4.78 is 27.7. The molecule has 0 aromatic carbocycles. The minimum atomic E-state index is -3.22. The SMILES string of the molecule is CC1C2CC(CS(=O)(=O)O2)C1(C)C. The van der Waals surface area contributed by atoms with Crippen molar-refractivity contribution in [1.29, 1.82) is 0 Å². The summed E-state index contributed by atoms with van der Waals surface area (Å²) >= 11 is 0. The van der Waals surface area contributed by atoms with Crippen LogP contribution in [0, 0.1) is 17.3 Å². The van der Waals surface area contributed by atoms with E-state index in [1.807, 2.05) is 0 Å². The third-order valence-corrected chi connectivity index (χ3v) is 5.33. The Hall–Kier alpha value is -0.0900. The van der Waals surface area contributed by atoms with Crippen LogP contribution in [0.4, 0.5) is 0 Å². The summed E-state index contributed by atoms with van der Waals surface area (Å²) in [6, 6.07) is 0. The summed E-state index contributed by atoms with van der Waals surface area (Å²) in [5.41, 5.74) is 0.105. The van der Waals surface area contributed by atoms with E-state index in [4.69, 9.17) is 4.18 Å². The summed E-state index contributed by atoms with van der Waals surface area (Å²) in [5.74, 6) is 0.835. The van der Waals surface area contributed by atoms with Gasteiger partial charge >= 0.3 is 0 Å². The zero-order valence-corrected chi connectivity index (χ0v) is 9.10. The Bertz CT molecular complexity index is 318. The van der Waals surface area contributed by atoms with E-state index in [0.717, 1.165) is 6.42 Å². The van der Waals surface area contributed by atoms with Gasteiger partial charge in [0.1, 0.15) is 0 Å². The van der Waals surface area contributed by atoms with Gasteiger partial charge in [-0.05, 0) is 23.7 Å². The standard InChI is InChI=1S/C9H16O3S/c1-6-8-4-7(9(6,2)3)5-13(10,11)12-8/h6-8H,4-5H2,1-3H3. The first-order valence-corrected chi connectivity index (χ1v) is 6.31. The second-order valence-corrected chi connectivity index (χ2v) is 6.54. The van der Waals surface area contributed by atoms with Crippen LogP contribution in [0.2, 0.25) is 0 Å². The van der Waals surface area contributed by atoms with Crippen molar-refractivity contribution in [1.82, 2.24) is 0 Å². The van der Waals surface area contributed by atoms with Gasteiger partial charge in [-0.1, -0.05) is 20.8 Å². The van der Waals surface area contributed by atoms with E-state index in [1.54, 1.807) is 0 Å². The summed E-state index contributed by atoms with van der Waals surface area (Å²) in [6.45, 7) is 6.38. The first-order chi connectivity index (χ1) is 5.83. The maximum Gasteiger partial charge on any atom is 0.267 e. The monoisotopic (exact) mass is 204 g/mol. The van der Waals surface area contributed by atoms with Gasteiger partial charge in [-0.25, -0.2) is 0 Å². The van der Waals surface area contributed by atoms with Crippen molar-refractivity contribution in [2.75, 3.05) is 5.75 Å². The highest BCUT2D eigenvalue weighted by molar-refractivity contribution is 7.86. The number of hydrogen-bond acceptors (Lipinski definition) is 3. The second kappa shape index (κ2) is 2.48. The predicted octanol–water partition coefficient (Wildman–Crippen LogP) is 1.40. The van der Waals surface area contributed by atoms with Crippen molar-refractivity contribution in [3.05, 3.63) is 0 Å². The van der Waals surface area contributed by atoms with Crippen LogP contribution in [0.15, 0.2) is 0 Å². The Kier molecular flexibility index (Phi) is 1.81. The molecule has 0 spiro atoms. The quantitative estimate of drug-likeness (QED) is 0.560. The van der Waals surface area contributed by atoms with E-state index in [1.165, 1.54) is 0 Å². The zero-order valence-electron chi connectivity index (χ0n) is 8.28. The molecule has 13 heavy (non-hydrogen) atoms. The largest absolute Gasteiger partial charge is 0.267 e. The molecule has 1 aliphatic carbocycles. The van der Waals surface area contributed by atoms with Crippen molar-refractivity contribution in [3.8, 4) is 0 Å². The highest BCUT2D eigenvalue weighted by atomic mass is 32.2. The van der Waals surface area contributed by atoms with Crippen molar-refractivity contribution in [2.45, 2.75) is 33.3 Å². The fourth-order valence-electron chi connectivity index (χ4n) is 2.52. The Morgan fingerprint density at radius 3 is 2.54 bits per heavy atom. The van der Waals surface area contributed by atoms with Gasteiger partial charge in [-0.15, -0.1) is 0 Å². The Morgan fingerprint density at radius 1 is 1.38 bits per heavy atom. The molecule has 3 atom stereocenters. The fourth-order valence-corrected chi connectivity index (χ4v) is 4.28. The van der Waals surface area contributed by atoms with Crippen molar-refractivity contribution < 1.29 is 12.6 Å². The van der Waals surface area contributed by atoms with E-state index in [2.05, 4.69) is 20.8 Å². The molecule has 0 aromatic rings. The molecule has 3 unspecified atom stereocenters. The van der Waals surface area contributed by atoms with Crippen LogP contribution >= 0.6 is 0 Å².